The second kappa shape index (κ2) is 5.85. The Hall–Kier alpha value is 0.1000. The van der Waals surface area contributed by atoms with E-state index in [4.69, 9.17) is 4.74 Å². The Morgan fingerprint density at radius 3 is 2.79 bits per heavy atom. The van der Waals surface area contributed by atoms with E-state index in [-0.39, 0.29) is 6.10 Å². The normalized spacial score (nSPS) is 15.4. The minimum atomic E-state index is 0.249. The van der Waals surface area contributed by atoms with E-state index >= 15 is 0 Å². The maximum atomic E-state index is 5.24. The Kier molecular flexibility index (Phi) is 5.09. The largest absolute Gasteiger partial charge is 0.380 e. The zero-order chi connectivity index (χ0) is 10.6. The lowest BCUT2D eigenvalue weighted by atomic mass is 10.2. The minimum absolute atomic E-state index is 0.249. The summed E-state index contributed by atoms with van der Waals surface area (Å²) in [5, 5.41) is 5.53. The molecule has 0 fully saturated rings. The van der Waals surface area contributed by atoms with Gasteiger partial charge < -0.3 is 10.1 Å². The summed E-state index contributed by atoms with van der Waals surface area (Å²) < 4.78 is 6.40. The molecule has 0 aliphatic heterocycles. The van der Waals surface area contributed by atoms with Crippen LogP contribution >= 0.6 is 27.3 Å². The topological polar surface area (TPSA) is 21.3 Å². The predicted octanol–water partition coefficient (Wildman–Crippen LogP) is 3.02. The van der Waals surface area contributed by atoms with Crippen molar-refractivity contribution in [1.82, 2.24) is 5.32 Å². The highest BCUT2D eigenvalue weighted by atomic mass is 79.9. The van der Waals surface area contributed by atoms with Crippen LogP contribution in [0.4, 0.5) is 0 Å². The van der Waals surface area contributed by atoms with Crippen molar-refractivity contribution in [1.29, 1.82) is 0 Å². The standard InChI is InChI=1S/C10H16BrNOS/c1-7(8(2)13-3)12-5-10-4-9(11)6-14-10/h4,6-8,12H,5H2,1-3H3. The summed E-state index contributed by atoms with van der Waals surface area (Å²) in [7, 11) is 1.74. The monoisotopic (exact) mass is 277 g/mol. The number of hydrogen-bond donors (Lipinski definition) is 1. The summed E-state index contributed by atoms with van der Waals surface area (Å²) in [6, 6.07) is 2.52. The van der Waals surface area contributed by atoms with Crippen LogP contribution in [0.2, 0.25) is 0 Å². The number of methoxy groups -OCH3 is 1. The number of hydrogen-bond acceptors (Lipinski definition) is 3. The average Bonchev–Trinajstić information content (AvgIpc) is 2.59. The molecule has 1 rings (SSSR count). The molecule has 0 amide bonds. The smallest absolute Gasteiger partial charge is 0.0693 e. The third kappa shape index (κ3) is 3.69. The van der Waals surface area contributed by atoms with Crippen molar-refractivity contribution in [3.05, 3.63) is 20.8 Å². The predicted molar refractivity (Wildman–Crippen MR) is 64.8 cm³/mol. The van der Waals surface area contributed by atoms with Crippen molar-refractivity contribution in [2.75, 3.05) is 7.11 Å². The number of halogens is 1. The average molecular weight is 278 g/mol. The highest BCUT2D eigenvalue weighted by Crippen LogP contribution is 2.19. The van der Waals surface area contributed by atoms with Gasteiger partial charge in [0.25, 0.3) is 0 Å². The van der Waals surface area contributed by atoms with E-state index in [0.29, 0.717) is 6.04 Å². The first-order chi connectivity index (χ1) is 6.63. The van der Waals surface area contributed by atoms with E-state index in [2.05, 4.69) is 46.5 Å². The van der Waals surface area contributed by atoms with Crippen LogP contribution in [0.25, 0.3) is 0 Å². The van der Waals surface area contributed by atoms with Crippen molar-refractivity contribution in [3.63, 3.8) is 0 Å². The van der Waals surface area contributed by atoms with Gasteiger partial charge in [0.15, 0.2) is 0 Å². The van der Waals surface area contributed by atoms with Crippen molar-refractivity contribution >= 4 is 27.3 Å². The highest BCUT2D eigenvalue weighted by Gasteiger charge is 2.10. The Morgan fingerprint density at radius 1 is 1.57 bits per heavy atom. The van der Waals surface area contributed by atoms with Gasteiger partial charge >= 0.3 is 0 Å². The minimum Gasteiger partial charge on any atom is -0.380 e. The number of thiophene rings is 1. The van der Waals surface area contributed by atoms with Crippen LogP contribution in [-0.4, -0.2) is 19.3 Å². The van der Waals surface area contributed by atoms with E-state index in [1.165, 1.54) is 4.88 Å². The maximum Gasteiger partial charge on any atom is 0.0693 e. The fourth-order valence-corrected chi connectivity index (χ4v) is 2.48. The molecule has 0 saturated carbocycles. The molecule has 2 unspecified atom stereocenters. The van der Waals surface area contributed by atoms with Crippen LogP contribution in [0.1, 0.15) is 18.7 Å². The molecule has 0 radical (unpaired) electrons. The Bertz CT molecular complexity index is 277. The molecule has 0 aromatic carbocycles. The van der Waals surface area contributed by atoms with Gasteiger partial charge in [-0.2, -0.15) is 0 Å². The molecular formula is C10H16BrNOS. The molecule has 80 valence electrons. The first kappa shape index (κ1) is 12.2. The van der Waals surface area contributed by atoms with Crippen molar-refractivity contribution < 1.29 is 4.74 Å². The van der Waals surface area contributed by atoms with E-state index in [1.54, 1.807) is 18.4 Å². The first-order valence-corrected chi connectivity index (χ1v) is 6.30. The fourth-order valence-electron chi connectivity index (χ4n) is 1.08. The third-order valence-corrected chi connectivity index (χ3v) is 3.99. The Morgan fingerprint density at radius 2 is 2.29 bits per heavy atom. The van der Waals surface area contributed by atoms with Gasteiger partial charge in [-0.05, 0) is 35.8 Å². The van der Waals surface area contributed by atoms with Gasteiger partial charge in [-0.3, -0.25) is 0 Å². The molecule has 1 aromatic rings. The lowest BCUT2D eigenvalue weighted by molar-refractivity contribution is 0.0883. The van der Waals surface area contributed by atoms with Crippen LogP contribution in [0, 0.1) is 0 Å². The summed E-state index contributed by atoms with van der Waals surface area (Å²) in [5.74, 6) is 0. The summed E-state index contributed by atoms with van der Waals surface area (Å²) in [5.41, 5.74) is 0. The SMILES string of the molecule is COC(C)C(C)NCc1cc(Br)cs1. The highest BCUT2D eigenvalue weighted by molar-refractivity contribution is 9.10. The third-order valence-electron chi connectivity index (χ3n) is 2.30. The van der Waals surface area contributed by atoms with Gasteiger partial charge in [0.2, 0.25) is 0 Å². The number of nitrogens with one attached hydrogen (secondary N) is 1. The summed E-state index contributed by atoms with van der Waals surface area (Å²) in [4.78, 5) is 1.34. The van der Waals surface area contributed by atoms with E-state index in [1.807, 2.05) is 0 Å². The van der Waals surface area contributed by atoms with Gasteiger partial charge in [-0.25, -0.2) is 0 Å². The van der Waals surface area contributed by atoms with Crippen molar-refractivity contribution in [2.45, 2.75) is 32.5 Å². The van der Waals surface area contributed by atoms with Crippen molar-refractivity contribution in [2.24, 2.45) is 0 Å². The molecule has 2 atom stereocenters. The molecule has 1 N–H and O–H groups in total. The molecule has 14 heavy (non-hydrogen) atoms. The summed E-state index contributed by atoms with van der Waals surface area (Å²) in [6.07, 6.45) is 0.249. The fraction of sp³-hybridized carbons (Fsp3) is 0.600. The van der Waals surface area contributed by atoms with Gasteiger partial charge in [-0.1, -0.05) is 0 Å². The first-order valence-electron chi connectivity index (χ1n) is 4.62. The van der Waals surface area contributed by atoms with E-state index in [0.717, 1.165) is 11.0 Å². The number of rotatable bonds is 5. The zero-order valence-corrected chi connectivity index (χ0v) is 11.1. The van der Waals surface area contributed by atoms with Crippen molar-refractivity contribution in [3.8, 4) is 0 Å². The Labute approximate surface area is 97.8 Å². The summed E-state index contributed by atoms with van der Waals surface area (Å²) >= 11 is 5.20. The van der Waals surface area contributed by atoms with Crippen LogP contribution in [0.3, 0.4) is 0 Å². The van der Waals surface area contributed by atoms with Gasteiger partial charge in [0.05, 0.1) is 6.10 Å². The van der Waals surface area contributed by atoms with E-state index in [9.17, 15) is 0 Å². The molecule has 2 nitrogen and oxygen atoms in total. The van der Waals surface area contributed by atoms with Crippen LogP contribution in [-0.2, 0) is 11.3 Å². The van der Waals surface area contributed by atoms with Gasteiger partial charge in [0, 0.05) is 34.4 Å². The van der Waals surface area contributed by atoms with Gasteiger partial charge in [-0.15, -0.1) is 11.3 Å². The molecule has 4 heteroatoms. The molecule has 1 heterocycles. The molecule has 0 aliphatic rings. The number of ether oxygens (including phenoxy) is 1. The maximum absolute atomic E-state index is 5.24. The lowest BCUT2D eigenvalue weighted by Gasteiger charge is -2.19. The Balaban J connectivity index is 2.33. The molecule has 0 spiro atoms. The molecule has 0 bridgehead atoms. The second-order valence-corrected chi connectivity index (χ2v) is 5.25. The van der Waals surface area contributed by atoms with E-state index < -0.39 is 0 Å². The molecule has 1 aromatic heterocycles. The molecular weight excluding hydrogens is 262 g/mol. The van der Waals surface area contributed by atoms with Crippen LogP contribution in [0.15, 0.2) is 15.9 Å². The quantitative estimate of drug-likeness (QED) is 0.894. The van der Waals surface area contributed by atoms with Crippen LogP contribution in [0.5, 0.6) is 0 Å². The lowest BCUT2D eigenvalue weighted by Crippen LogP contribution is -2.35. The zero-order valence-electron chi connectivity index (χ0n) is 8.71. The molecule has 0 saturated heterocycles. The summed E-state index contributed by atoms with van der Waals surface area (Å²) in [6.45, 7) is 5.12. The second-order valence-electron chi connectivity index (χ2n) is 3.34. The molecule has 0 aliphatic carbocycles. The van der Waals surface area contributed by atoms with Gasteiger partial charge in [0.1, 0.15) is 0 Å². The van der Waals surface area contributed by atoms with Crippen LogP contribution < -0.4 is 5.32 Å².